The summed E-state index contributed by atoms with van der Waals surface area (Å²) in [5.41, 5.74) is 0.794. The highest BCUT2D eigenvalue weighted by Gasteiger charge is 2.61. The second-order valence-electron chi connectivity index (χ2n) is 9.08. The molecule has 5 nitrogen and oxygen atoms in total. The van der Waals surface area contributed by atoms with Gasteiger partial charge in [0.2, 0.25) is 0 Å². The molecular formula is C21H28O5. The Kier molecular flexibility index (Phi) is 4.05. The van der Waals surface area contributed by atoms with E-state index in [1.165, 1.54) is 7.11 Å². The van der Waals surface area contributed by atoms with Crippen molar-refractivity contribution >= 4 is 17.7 Å². The van der Waals surface area contributed by atoms with Crippen molar-refractivity contribution in [2.24, 2.45) is 28.6 Å². The summed E-state index contributed by atoms with van der Waals surface area (Å²) in [5.74, 6) is 1.01. The first-order chi connectivity index (χ1) is 12.3. The van der Waals surface area contributed by atoms with Crippen molar-refractivity contribution in [2.45, 2.75) is 64.9 Å². The maximum absolute atomic E-state index is 13.1. The van der Waals surface area contributed by atoms with Crippen LogP contribution in [-0.4, -0.2) is 30.9 Å². The number of fused-ring (bicyclic) bond motifs is 5. The van der Waals surface area contributed by atoms with E-state index in [0.717, 1.165) is 37.7 Å². The normalized spacial score (nSPS) is 44.5. The van der Waals surface area contributed by atoms with Gasteiger partial charge in [0.15, 0.2) is 5.78 Å². The van der Waals surface area contributed by atoms with E-state index < -0.39 is 6.16 Å². The van der Waals surface area contributed by atoms with Gasteiger partial charge in [-0.3, -0.25) is 9.59 Å². The smallest absolute Gasteiger partial charge is 0.438 e. The van der Waals surface area contributed by atoms with Crippen LogP contribution >= 0.6 is 0 Å². The molecule has 0 aromatic rings. The summed E-state index contributed by atoms with van der Waals surface area (Å²) in [6.45, 7) is 4.36. The third kappa shape index (κ3) is 2.39. The summed E-state index contributed by atoms with van der Waals surface area (Å²) in [6.07, 6.45) is 6.58. The predicted octanol–water partition coefficient (Wildman–Crippen LogP) is 3.85. The number of hydrogen-bond acceptors (Lipinski definition) is 5. The van der Waals surface area contributed by atoms with Crippen molar-refractivity contribution < 1.29 is 23.9 Å². The largest absolute Gasteiger partial charge is 0.508 e. The van der Waals surface area contributed by atoms with E-state index in [-0.39, 0.29) is 34.6 Å². The van der Waals surface area contributed by atoms with E-state index in [9.17, 15) is 14.4 Å². The van der Waals surface area contributed by atoms with Gasteiger partial charge < -0.3 is 9.47 Å². The van der Waals surface area contributed by atoms with Gasteiger partial charge >= 0.3 is 6.16 Å². The van der Waals surface area contributed by atoms with E-state index in [4.69, 9.17) is 4.74 Å². The zero-order valence-electron chi connectivity index (χ0n) is 15.9. The first-order valence-electron chi connectivity index (χ1n) is 9.82. The molecule has 0 bridgehead atoms. The highest BCUT2D eigenvalue weighted by atomic mass is 16.7. The third-order valence-corrected chi connectivity index (χ3v) is 8.04. The Labute approximate surface area is 154 Å². The fourth-order valence-electron chi connectivity index (χ4n) is 6.43. The van der Waals surface area contributed by atoms with Crippen LogP contribution in [0.3, 0.4) is 0 Å². The van der Waals surface area contributed by atoms with Gasteiger partial charge in [-0.2, -0.15) is 0 Å². The molecule has 4 aliphatic carbocycles. The minimum atomic E-state index is -0.655. The number of ether oxygens (including phenoxy) is 2. The van der Waals surface area contributed by atoms with Crippen molar-refractivity contribution in [2.75, 3.05) is 7.11 Å². The van der Waals surface area contributed by atoms with E-state index >= 15 is 0 Å². The third-order valence-electron chi connectivity index (χ3n) is 8.04. The molecule has 0 radical (unpaired) electrons. The van der Waals surface area contributed by atoms with Crippen LogP contribution in [0.25, 0.3) is 0 Å². The van der Waals surface area contributed by atoms with Crippen LogP contribution in [0.5, 0.6) is 0 Å². The Morgan fingerprint density at radius 3 is 2.50 bits per heavy atom. The molecule has 4 aliphatic rings. The molecule has 0 amide bonds. The Bertz CT molecular complexity index is 695. The molecule has 4 rings (SSSR count). The molecule has 3 saturated carbocycles. The maximum atomic E-state index is 13.1. The second-order valence-corrected chi connectivity index (χ2v) is 9.08. The number of hydrogen-bond donors (Lipinski definition) is 0. The maximum Gasteiger partial charge on any atom is 0.508 e. The number of methoxy groups -OCH3 is 1. The van der Waals surface area contributed by atoms with Crippen molar-refractivity contribution in [3.8, 4) is 0 Å². The summed E-state index contributed by atoms with van der Waals surface area (Å²) in [5, 5.41) is 0. The number of allylic oxidation sites excluding steroid dienone is 1. The topological polar surface area (TPSA) is 69.7 Å². The lowest BCUT2D eigenvalue weighted by Crippen LogP contribution is -2.53. The molecule has 0 N–H and O–H groups in total. The van der Waals surface area contributed by atoms with E-state index in [0.29, 0.717) is 24.5 Å². The van der Waals surface area contributed by atoms with Gasteiger partial charge in [-0.25, -0.2) is 4.79 Å². The van der Waals surface area contributed by atoms with Gasteiger partial charge in [0.1, 0.15) is 11.9 Å². The lowest BCUT2D eigenvalue weighted by molar-refractivity contribution is -0.139. The molecule has 6 atom stereocenters. The average Bonchev–Trinajstić information content (AvgIpc) is 2.91. The van der Waals surface area contributed by atoms with E-state index in [2.05, 4.69) is 18.6 Å². The average molecular weight is 360 g/mol. The second kappa shape index (κ2) is 5.93. The van der Waals surface area contributed by atoms with Crippen molar-refractivity contribution in [3.63, 3.8) is 0 Å². The first kappa shape index (κ1) is 17.7. The van der Waals surface area contributed by atoms with Crippen LogP contribution in [0.1, 0.15) is 58.8 Å². The molecule has 5 heteroatoms. The van der Waals surface area contributed by atoms with Gasteiger partial charge in [-0.05, 0) is 55.4 Å². The number of rotatable bonds is 1. The van der Waals surface area contributed by atoms with Crippen molar-refractivity contribution in [1.29, 1.82) is 0 Å². The number of carbonyl (C=O) groups excluding carboxylic acids is 3. The molecule has 3 unspecified atom stereocenters. The molecule has 0 spiro atoms. The van der Waals surface area contributed by atoms with Gasteiger partial charge in [0.25, 0.3) is 0 Å². The van der Waals surface area contributed by atoms with E-state index in [1.54, 1.807) is 0 Å². The number of carbonyl (C=O) groups is 3. The lowest BCUT2D eigenvalue weighted by Gasteiger charge is -2.55. The van der Waals surface area contributed by atoms with Crippen LogP contribution in [-0.2, 0) is 19.1 Å². The van der Waals surface area contributed by atoms with Gasteiger partial charge in [-0.15, -0.1) is 0 Å². The molecule has 26 heavy (non-hydrogen) atoms. The van der Waals surface area contributed by atoms with Crippen LogP contribution in [0.2, 0.25) is 0 Å². The van der Waals surface area contributed by atoms with Crippen LogP contribution in [0.15, 0.2) is 11.6 Å². The SMILES string of the molecule is COC(=O)O[C@H]1CC[C@@]2(C)C(=CC(=O)C3C2CC[C@]2(C)C(=O)CCC32)C1. The minimum Gasteiger partial charge on any atom is -0.438 e. The quantitative estimate of drug-likeness (QED) is 0.664. The Hall–Kier alpha value is -1.65. The standard InChI is InChI=1S/C21H28O5/c1-20-8-6-13(26-19(24)25-3)10-12(20)11-16(22)18-14-4-5-17(23)21(14,2)9-7-15(18)20/h11,13-15,18H,4-10H2,1-3H3/t13-,14?,15?,18?,20-,21-/m0/s1. The molecular weight excluding hydrogens is 332 g/mol. The van der Waals surface area contributed by atoms with Crippen molar-refractivity contribution in [1.82, 2.24) is 0 Å². The molecule has 0 aromatic heterocycles. The first-order valence-corrected chi connectivity index (χ1v) is 9.82. The highest BCUT2D eigenvalue weighted by molar-refractivity contribution is 5.96. The highest BCUT2D eigenvalue weighted by Crippen LogP contribution is 2.63. The molecule has 0 aromatic carbocycles. The van der Waals surface area contributed by atoms with Crippen LogP contribution in [0.4, 0.5) is 4.79 Å². The van der Waals surface area contributed by atoms with Crippen LogP contribution in [0, 0.1) is 28.6 Å². The molecule has 142 valence electrons. The summed E-state index contributed by atoms with van der Waals surface area (Å²) < 4.78 is 9.96. The molecule has 3 fully saturated rings. The summed E-state index contributed by atoms with van der Waals surface area (Å²) in [7, 11) is 1.31. The molecule has 0 saturated heterocycles. The Balaban J connectivity index is 1.63. The zero-order valence-corrected chi connectivity index (χ0v) is 15.9. The van der Waals surface area contributed by atoms with Crippen molar-refractivity contribution in [3.05, 3.63) is 11.6 Å². The Morgan fingerprint density at radius 2 is 1.77 bits per heavy atom. The zero-order chi connectivity index (χ0) is 18.7. The summed E-state index contributed by atoms with van der Waals surface area (Å²) in [6, 6.07) is 0. The van der Waals surface area contributed by atoms with E-state index in [1.807, 2.05) is 6.08 Å². The number of Topliss-reactive ketones (excluding diaryl/α,β-unsaturated/α-hetero) is 1. The minimum absolute atomic E-state index is 0.0213. The summed E-state index contributed by atoms with van der Waals surface area (Å²) >= 11 is 0. The fraction of sp³-hybridized carbons (Fsp3) is 0.762. The monoisotopic (exact) mass is 360 g/mol. The summed E-state index contributed by atoms with van der Waals surface area (Å²) in [4.78, 5) is 37.0. The number of ketones is 2. The van der Waals surface area contributed by atoms with Gasteiger partial charge in [0, 0.05) is 24.2 Å². The fourth-order valence-corrected chi connectivity index (χ4v) is 6.43. The lowest BCUT2D eigenvalue weighted by atomic mass is 9.48. The Morgan fingerprint density at radius 1 is 1.08 bits per heavy atom. The predicted molar refractivity (Wildman–Crippen MR) is 94.4 cm³/mol. The van der Waals surface area contributed by atoms with Gasteiger partial charge in [-0.1, -0.05) is 19.4 Å². The van der Waals surface area contributed by atoms with Crippen LogP contribution < -0.4 is 0 Å². The molecule has 0 aliphatic heterocycles. The molecule has 0 heterocycles. The van der Waals surface area contributed by atoms with Gasteiger partial charge in [0.05, 0.1) is 7.11 Å².